The van der Waals surface area contributed by atoms with Crippen molar-refractivity contribution in [2.45, 2.75) is 20.0 Å². The molecule has 2 rings (SSSR count). The van der Waals surface area contributed by atoms with Crippen LogP contribution in [0.4, 0.5) is 5.95 Å². The van der Waals surface area contributed by atoms with Gasteiger partial charge in [0.15, 0.2) is 5.82 Å². The molecular weight excluding hydrogens is 299 g/mol. The number of rotatable bonds is 4. The molecule has 1 aromatic heterocycles. The molecule has 0 aliphatic carbocycles. The first-order valence-corrected chi connectivity index (χ1v) is 6.81. The molecule has 5 nitrogen and oxygen atoms in total. The highest BCUT2D eigenvalue weighted by Gasteiger charge is 2.14. The Hall–Kier alpha value is -1.59. The molecule has 0 aliphatic rings. The molecular formula is C13H14Cl2N4O. The van der Waals surface area contributed by atoms with Crippen molar-refractivity contribution in [1.29, 1.82) is 0 Å². The van der Waals surface area contributed by atoms with Crippen molar-refractivity contribution in [3.8, 4) is 17.4 Å². The number of benzene rings is 1. The molecule has 0 amide bonds. The van der Waals surface area contributed by atoms with Gasteiger partial charge in [-0.1, -0.05) is 29.3 Å². The first-order chi connectivity index (χ1) is 9.51. The second-order valence-corrected chi connectivity index (χ2v) is 5.07. The van der Waals surface area contributed by atoms with Crippen molar-refractivity contribution in [2.75, 3.05) is 12.4 Å². The van der Waals surface area contributed by atoms with E-state index in [-0.39, 0.29) is 12.1 Å². The fraction of sp³-hybridized carbons (Fsp3) is 0.308. The maximum absolute atomic E-state index is 6.19. The van der Waals surface area contributed by atoms with Gasteiger partial charge in [-0.3, -0.25) is 0 Å². The molecule has 7 heteroatoms. The van der Waals surface area contributed by atoms with E-state index in [1.807, 2.05) is 13.8 Å². The van der Waals surface area contributed by atoms with E-state index in [0.717, 1.165) is 0 Å². The predicted octanol–water partition coefficient (Wildman–Crippen LogP) is 3.67. The first kappa shape index (κ1) is 14.8. The maximum atomic E-state index is 6.19. The van der Waals surface area contributed by atoms with Gasteiger partial charge in [-0.2, -0.15) is 15.0 Å². The summed E-state index contributed by atoms with van der Waals surface area (Å²) in [6, 6.07) is 5.53. The highest BCUT2D eigenvalue weighted by Crippen LogP contribution is 2.32. The number of hydrogen-bond acceptors (Lipinski definition) is 5. The molecule has 106 valence electrons. The van der Waals surface area contributed by atoms with Crippen LogP contribution in [0.3, 0.4) is 0 Å². The minimum absolute atomic E-state index is 0.0372. The molecule has 0 unspecified atom stereocenters. The molecule has 0 aliphatic heterocycles. The molecule has 0 radical (unpaired) electrons. The Kier molecular flexibility index (Phi) is 4.62. The van der Waals surface area contributed by atoms with Crippen LogP contribution in [0.2, 0.25) is 10.0 Å². The smallest absolute Gasteiger partial charge is 0.322 e. The zero-order chi connectivity index (χ0) is 14.7. The molecule has 0 saturated heterocycles. The van der Waals surface area contributed by atoms with Crippen molar-refractivity contribution in [1.82, 2.24) is 15.0 Å². The maximum Gasteiger partial charge on any atom is 0.322 e. The third-order valence-electron chi connectivity index (χ3n) is 2.37. The molecule has 0 spiro atoms. The van der Waals surface area contributed by atoms with Gasteiger partial charge in [0.1, 0.15) is 0 Å². The lowest BCUT2D eigenvalue weighted by Gasteiger charge is -2.11. The van der Waals surface area contributed by atoms with Crippen molar-refractivity contribution >= 4 is 29.2 Å². The largest absolute Gasteiger partial charge is 0.461 e. The standard InChI is InChI=1S/C13H14Cl2N4O/c1-7(2)20-13-18-11(17-12(16-3)19-13)8-5-4-6-9(14)10(8)15/h4-7H,1-3H3,(H,16,17,18,19). The minimum Gasteiger partial charge on any atom is -0.461 e. The number of anilines is 1. The van der Waals surface area contributed by atoms with Crippen LogP contribution in [0.15, 0.2) is 18.2 Å². The van der Waals surface area contributed by atoms with Gasteiger partial charge in [0.2, 0.25) is 5.95 Å². The molecule has 20 heavy (non-hydrogen) atoms. The fourth-order valence-electron chi connectivity index (χ4n) is 1.53. The highest BCUT2D eigenvalue weighted by atomic mass is 35.5. The lowest BCUT2D eigenvalue weighted by molar-refractivity contribution is 0.222. The Labute approximate surface area is 127 Å². The van der Waals surface area contributed by atoms with Gasteiger partial charge >= 0.3 is 6.01 Å². The molecule has 2 aromatic rings. The molecule has 1 aromatic carbocycles. The third kappa shape index (κ3) is 3.29. The van der Waals surface area contributed by atoms with Gasteiger partial charge in [-0.15, -0.1) is 0 Å². The van der Waals surface area contributed by atoms with Gasteiger partial charge < -0.3 is 10.1 Å². The van der Waals surface area contributed by atoms with E-state index in [2.05, 4.69) is 20.3 Å². The lowest BCUT2D eigenvalue weighted by Crippen LogP contribution is -2.11. The van der Waals surface area contributed by atoms with E-state index in [0.29, 0.717) is 27.4 Å². The zero-order valence-corrected chi connectivity index (χ0v) is 12.8. The number of ether oxygens (including phenoxy) is 1. The topological polar surface area (TPSA) is 59.9 Å². The normalized spacial score (nSPS) is 10.7. The summed E-state index contributed by atoms with van der Waals surface area (Å²) in [5.41, 5.74) is 0.631. The predicted molar refractivity (Wildman–Crippen MR) is 80.6 cm³/mol. The Morgan fingerprint density at radius 1 is 1.15 bits per heavy atom. The highest BCUT2D eigenvalue weighted by molar-refractivity contribution is 6.43. The minimum atomic E-state index is -0.0372. The van der Waals surface area contributed by atoms with E-state index in [9.17, 15) is 0 Å². The number of hydrogen-bond donors (Lipinski definition) is 1. The molecule has 0 atom stereocenters. The van der Waals surface area contributed by atoms with Crippen LogP contribution < -0.4 is 10.1 Å². The van der Waals surface area contributed by atoms with Gasteiger partial charge in [0.05, 0.1) is 16.1 Å². The van der Waals surface area contributed by atoms with Crippen LogP contribution in [-0.4, -0.2) is 28.1 Å². The molecule has 1 N–H and O–H groups in total. The van der Waals surface area contributed by atoms with Gasteiger partial charge in [0, 0.05) is 12.6 Å². The fourth-order valence-corrected chi connectivity index (χ4v) is 1.91. The summed E-state index contributed by atoms with van der Waals surface area (Å²) in [5.74, 6) is 0.814. The molecule has 0 bridgehead atoms. The van der Waals surface area contributed by atoms with Crippen molar-refractivity contribution in [3.05, 3.63) is 28.2 Å². The molecule has 1 heterocycles. The summed E-state index contributed by atoms with van der Waals surface area (Å²) in [6.07, 6.45) is -0.0372. The van der Waals surface area contributed by atoms with E-state index < -0.39 is 0 Å². The van der Waals surface area contributed by atoms with Crippen molar-refractivity contribution < 1.29 is 4.74 Å². The summed E-state index contributed by atoms with van der Waals surface area (Å²) < 4.78 is 5.51. The van der Waals surface area contributed by atoms with E-state index >= 15 is 0 Å². The summed E-state index contributed by atoms with van der Waals surface area (Å²) in [6.45, 7) is 3.80. The van der Waals surface area contributed by atoms with Crippen LogP contribution in [0.25, 0.3) is 11.4 Å². The van der Waals surface area contributed by atoms with Gasteiger partial charge in [0.25, 0.3) is 0 Å². The van der Waals surface area contributed by atoms with Gasteiger partial charge in [-0.25, -0.2) is 0 Å². The van der Waals surface area contributed by atoms with Crippen LogP contribution in [0.1, 0.15) is 13.8 Å². The van der Waals surface area contributed by atoms with E-state index in [1.54, 1.807) is 25.2 Å². The number of nitrogens with one attached hydrogen (secondary N) is 1. The van der Waals surface area contributed by atoms with E-state index in [1.165, 1.54) is 0 Å². The Morgan fingerprint density at radius 3 is 2.55 bits per heavy atom. The van der Waals surface area contributed by atoms with E-state index in [4.69, 9.17) is 27.9 Å². The lowest BCUT2D eigenvalue weighted by atomic mass is 10.2. The summed E-state index contributed by atoms with van der Waals surface area (Å²) in [4.78, 5) is 12.7. The average Bonchev–Trinajstić information content (AvgIpc) is 2.40. The number of aromatic nitrogens is 3. The number of halogens is 2. The SMILES string of the molecule is CNc1nc(OC(C)C)nc(-c2cccc(Cl)c2Cl)n1. The summed E-state index contributed by atoms with van der Waals surface area (Å²) in [7, 11) is 1.72. The summed E-state index contributed by atoms with van der Waals surface area (Å²) >= 11 is 12.2. The Balaban J connectivity index is 2.52. The Morgan fingerprint density at radius 2 is 1.90 bits per heavy atom. The van der Waals surface area contributed by atoms with Crippen molar-refractivity contribution in [3.63, 3.8) is 0 Å². The van der Waals surface area contributed by atoms with Crippen LogP contribution >= 0.6 is 23.2 Å². The van der Waals surface area contributed by atoms with Crippen molar-refractivity contribution in [2.24, 2.45) is 0 Å². The second kappa shape index (κ2) is 6.24. The van der Waals surface area contributed by atoms with Crippen LogP contribution in [-0.2, 0) is 0 Å². The molecule has 0 fully saturated rings. The molecule has 0 saturated carbocycles. The van der Waals surface area contributed by atoms with Gasteiger partial charge in [-0.05, 0) is 26.0 Å². The van der Waals surface area contributed by atoms with Crippen LogP contribution in [0, 0.1) is 0 Å². The quantitative estimate of drug-likeness (QED) is 0.933. The third-order valence-corrected chi connectivity index (χ3v) is 3.19. The average molecular weight is 313 g/mol. The second-order valence-electron chi connectivity index (χ2n) is 4.28. The Bertz CT molecular complexity index is 619. The summed E-state index contributed by atoms with van der Waals surface area (Å²) in [5, 5.41) is 3.71. The van der Waals surface area contributed by atoms with Crippen LogP contribution in [0.5, 0.6) is 6.01 Å². The first-order valence-electron chi connectivity index (χ1n) is 6.06. The zero-order valence-electron chi connectivity index (χ0n) is 11.3. The number of nitrogens with zero attached hydrogens (tertiary/aromatic N) is 3. The monoisotopic (exact) mass is 312 g/mol.